The maximum atomic E-state index is 12.4. The van der Waals surface area contributed by atoms with Gasteiger partial charge < -0.3 is 19.7 Å². The second-order valence-electron chi connectivity index (χ2n) is 6.27. The molecule has 2 aromatic carbocycles. The summed E-state index contributed by atoms with van der Waals surface area (Å²) < 4.78 is 10.6. The van der Waals surface area contributed by atoms with E-state index in [1.807, 2.05) is 24.3 Å². The summed E-state index contributed by atoms with van der Waals surface area (Å²) in [7, 11) is 0. The summed E-state index contributed by atoms with van der Waals surface area (Å²) in [6, 6.07) is 11.4. The number of anilines is 2. The molecule has 0 radical (unpaired) electrons. The van der Waals surface area contributed by atoms with E-state index >= 15 is 0 Å². The molecule has 0 aromatic heterocycles. The summed E-state index contributed by atoms with van der Waals surface area (Å²) >= 11 is 6.17. The van der Waals surface area contributed by atoms with Crippen LogP contribution in [0, 0.1) is 0 Å². The van der Waals surface area contributed by atoms with Gasteiger partial charge in [-0.1, -0.05) is 23.7 Å². The third-order valence-corrected chi connectivity index (χ3v) is 4.77. The first-order chi connectivity index (χ1) is 12.7. The molecule has 0 spiro atoms. The number of benzene rings is 2. The van der Waals surface area contributed by atoms with Gasteiger partial charge in [-0.2, -0.15) is 0 Å². The molecule has 26 heavy (non-hydrogen) atoms. The van der Waals surface area contributed by atoms with Gasteiger partial charge in [0.1, 0.15) is 0 Å². The van der Waals surface area contributed by atoms with Gasteiger partial charge in [-0.05, 0) is 48.7 Å². The molecular formula is C20H19ClN2O3. The van der Waals surface area contributed by atoms with E-state index < -0.39 is 0 Å². The lowest BCUT2D eigenvalue weighted by Crippen LogP contribution is -2.20. The fourth-order valence-corrected chi connectivity index (χ4v) is 3.52. The van der Waals surface area contributed by atoms with Crippen LogP contribution < -0.4 is 19.7 Å². The second kappa shape index (κ2) is 7.30. The first-order valence-electron chi connectivity index (χ1n) is 8.63. The predicted molar refractivity (Wildman–Crippen MR) is 103 cm³/mol. The lowest BCUT2D eigenvalue weighted by molar-refractivity contribution is -0.111. The van der Waals surface area contributed by atoms with Gasteiger partial charge in [0.15, 0.2) is 11.5 Å². The van der Waals surface area contributed by atoms with Crippen molar-refractivity contribution in [2.24, 2.45) is 0 Å². The molecule has 1 fully saturated rings. The monoisotopic (exact) mass is 370 g/mol. The first kappa shape index (κ1) is 16.8. The Morgan fingerprint density at radius 3 is 2.81 bits per heavy atom. The fraction of sp³-hybridized carbons (Fsp3) is 0.250. The van der Waals surface area contributed by atoms with Crippen molar-refractivity contribution < 1.29 is 14.3 Å². The number of carbonyl (C=O) groups excluding carboxylic acids is 1. The van der Waals surface area contributed by atoms with Crippen molar-refractivity contribution in [3.05, 3.63) is 53.1 Å². The molecule has 2 aliphatic heterocycles. The van der Waals surface area contributed by atoms with Crippen molar-refractivity contribution >= 4 is 35.0 Å². The molecule has 4 rings (SSSR count). The van der Waals surface area contributed by atoms with E-state index in [0.29, 0.717) is 16.5 Å². The third kappa shape index (κ3) is 3.48. The molecule has 0 unspecified atom stereocenters. The van der Waals surface area contributed by atoms with E-state index in [1.54, 1.807) is 18.2 Å². The van der Waals surface area contributed by atoms with Gasteiger partial charge in [-0.15, -0.1) is 0 Å². The van der Waals surface area contributed by atoms with E-state index in [0.717, 1.165) is 30.0 Å². The number of fused-ring (bicyclic) bond motifs is 1. The lowest BCUT2D eigenvalue weighted by Gasteiger charge is -2.21. The van der Waals surface area contributed by atoms with E-state index in [1.165, 1.54) is 18.9 Å². The van der Waals surface area contributed by atoms with Crippen LogP contribution >= 0.6 is 11.6 Å². The van der Waals surface area contributed by atoms with Gasteiger partial charge in [-0.25, -0.2) is 0 Å². The average Bonchev–Trinajstić information content (AvgIpc) is 3.32. The lowest BCUT2D eigenvalue weighted by atomic mass is 10.2. The highest BCUT2D eigenvalue weighted by molar-refractivity contribution is 6.32. The molecule has 0 aliphatic carbocycles. The van der Waals surface area contributed by atoms with Gasteiger partial charge in [0.05, 0.1) is 16.4 Å². The number of hydrogen-bond donors (Lipinski definition) is 1. The van der Waals surface area contributed by atoms with Gasteiger partial charge in [0.25, 0.3) is 0 Å². The molecule has 1 amide bonds. The molecule has 1 saturated heterocycles. The number of carbonyl (C=O) groups is 1. The number of halogens is 1. The Morgan fingerprint density at radius 2 is 1.96 bits per heavy atom. The number of hydrogen-bond acceptors (Lipinski definition) is 4. The molecule has 1 N–H and O–H groups in total. The van der Waals surface area contributed by atoms with E-state index in [-0.39, 0.29) is 12.7 Å². The fourth-order valence-electron chi connectivity index (χ4n) is 3.24. The number of ether oxygens (including phenoxy) is 2. The quantitative estimate of drug-likeness (QED) is 0.814. The molecular weight excluding hydrogens is 352 g/mol. The Balaban J connectivity index is 1.48. The minimum absolute atomic E-state index is 0.163. The molecule has 6 heteroatoms. The van der Waals surface area contributed by atoms with Crippen molar-refractivity contribution in [2.75, 3.05) is 30.1 Å². The van der Waals surface area contributed by atoms with Crippen LogP contribution in [0.3, 0.4) is 0 Å². The first-order valence-corrected chi connectivity index (χ1v) is 9.01. The predicted octanol–water partition coefficient (Wildman–Crippen LogP) is 4.32. The van der Waals surface area contributed by atoms with Crippen molar-refractivity contribution in [1.29, 1.82) is 0 Å². The summed E-state index contributed by atoms with van der Waals surface area (Å²) in [5.41, 5.74) is 2.67. The van der Waals surface area contributed by atoms with Crippen LogP contribution in [-0.2, 0) is 4.79 Å². The molecule has 0 saturated carbocycles. The summed E-state index contributed by atoms with van der Waals surface area (Å²) in [5.74, 6) is 0.954. The molecule has 0 atom stereocenters. The molecule has 2 heterocycles. The number of nitrogens with one attached hydrogen (secondary N) is 1. The number of para-hydroxylation sites is 2. The number of amides is 1. The highest BCUT2D eigenvalue weighted by Gasteiger charge is 2.18. The summed E-state index contributed by atoms with van der Waals surface area (Å²) in [6.07, 6.45) is 5.58. The Morgan fingerprint density at radius 1 is 1.15 bits per heavy atom. The number of rotatable bonds is 4. The van der Waals surface area contributed by atoms with Crippen molar-refractivity contribution in [3.63, 3.8) is 0 Å². The Labute approximate surface area is 157 Å². The van der Waals surface area contributed by atoms with Crippen LogP contribution in [0.15, 0.2) is 42.5 Å². The van der Waals surface area contributed by atoms with E-state index in [2.05, 4.69) is 10.2 Å². The van der Waals surface area contributed by atoms with Gasteiger partial charge in [-0.3, -0.25) is 4.79 Å². The molecule has 134 valence electrons. The van der Waals surface area contributed by atoms with Crippen LogP contribution in [0.4, 0.5) is 11.4 Å². The van der Waals surface area contributed by atoms with E-state index in [4.69, 9.17) is 21.1 Å². The highest BCUT2D eigenvalue weighted by Crippen LogP contribution is 2.40. The summed E-state index contributed by atoms with van der Waals surface area (Å²) in [5, 5.41) is 3.44. The normalized spacial score (nSPS) is 15.7. The largest absolute Gasteiger partial charge is 0.454 e. The van der Waals surface area contributed by atoms with Gasteiger partial charge >= 0.3 is 0 Å². The van der Waals surface area contributed by atoms with Gasteiger partial charge in [0, 0.05) is 19.2 Å². The van der Waals surface area contributed by atoms with Crippen LogP contribution in [0.1, 0.15) is 18.4 Å². The van der Waals surface area contributed by atoms with E-state index in [9.17, 15) is 4.79 Å². The Kier molecular flexibility index (Phi) is 4.71. The smallest absolute Gasteiger partial charge is 0.248 e. The number of nitrogens with zero attached hydrogens (tertiary/aromatic N) is 1. The molecule has 5 nitrogen and oxygen atoms in total. The second-order valence-corrected chi connectivity index (χ2v) is 6.68. The van der Waals surface area contributed by atoms with Crippen LogP contribution in [0.25, 0.3) is 6.08 Å². The topological polar surface area (TPSA) is 50.8 Å². The maximum absolute atomic E-state index is 12.4. The average molecular weight is 371 g/mol. The Hall–Kier alpha value is -2.66. The Bertz CT molecular complexity index is 860. The zero-order chi connectivity index (χ0) is 17.9. The molecule has 2 aliphatic rings. The highest BCUT2D eigenvalue weighted by atomic mass is 35.5. The standard InChI is InChI=1S/C20H19ClN2O3/c21-15-11-14(12-18-20(15)26-13-25-18)7-8-19(24)22-16-5-1-2-6-17(16)23-9-3-4-10-23/h1-2,5-8,11-12H,3-4,9-10,13H2,(H,22,24). The third-order valence-electron chi connectivity index (χ3n) is 4.49. The zero-order valence-corrected chi connectivity index (χ0v) is 15.0. The molecule has 0 bridgehead atoms. The SMILES string of the molecule is O=C(C=Cc1cc(Cl)c2c(c1)OCO2)Nc1ccccc1N1CCCC1. The molecule has 2 aromatic rings. The van der Waals surface area contributed by atoms with Crippen LogP contribution in [0.2, 0.25) is 5.02 Å². The minimum atomic E-state index is -0.189. The summed E-state index contributed by atoms with van der Waals surface area (Å²) in [4.78, 5) is 14.7. The zero-order valence-electron chi connectivity index (χ0n) is 14.2. The van der Waals surface area contributed by atoms with Crippen molar-refractivity contribution in [1.82, 2.24) is 0 Å². The van der Waals surface area contributed by atoms with Crippen molar-refractivity contribution in [2.45, 2.75) is 12.8 Å². The summed E-state index contributed by atoms with van der Waals surface area (Å²) in [6.45, 7) is 2.22. The van der Waals surface area contributed by atoms with Gasteiger partial charge in [0.2, 0.25) is 12.7 Å². The van der Waals surface area contributed by atoms with Crippen LogP contribution in [0.5, 0.6) is 11.5 Å². The minimum Gasteiger partial charge on any atom is -0.454 e. The maximum Gasteiger partial charge on any atom is 0.248 e. The van der Waals surface area contributed by atoms with Crippen molar-refractivity contribution in [3.8, 4) is 11.5 Å². The van der Waals surface area contributed by atoms with Crippen LogP contribution in [-0.4, -0.2) is 25.8 Å².